The first kappa shape index (κ1) is 10.8. The highest BCUT2D eigenvalue weighted by atomic mass is 16.6. The molecule has 0 radical (unpaired) electrons. The third kappa shape index (κ3) is 2.25. The third-order valence-corrected chi connectivity index (χ3v) is 2.32. The molecule has 0 unspecified atom stereocenters. The van der Waals surface area contributed by atoms with E-state index in [0.717, 1.165) is 0 Å². The van der Waals surface area contributed by atoms with Gasteiger partial charge in [-0.25, -0.2) is 0 Å². The van der Waals surface area contributed by atoms with Crippen molar-refractivity contribution in [3.63, 3.8) is 0 Å². The Kier molecular flexibility index (Phi) is 2.96. The number of carbonyl (C=O) groups is 1. The molecule has 2 rings (SSSR count). The number of fused-ring (bicyclic) bond motifs is 1. The molecule has 0 aliphatic carbocycles. The van der Waals surface area contributed by atoms with E-state index in [1.165, 1.54) is 0 Å². The molecule has 5 nitrogen and oxygen atoms in total. The lowest BCUT2D eigenvalue weighted by atomic mass is 10.1. The SMILES string of the molecule is O=C(O)C[C@@H](O)c1ccc2c(c1)OCCO2. The van der Waals surface area contributed by atoms with Gasteiger partial charge in [0.05, 0.1) is 12.5 Å². The Balaban J connectivity index is 2.19. The topological polar surface area (TPSA) is 76.0 Å². The minimum absolute atomic E-state index is 0.320. The number of carboxylic acids is 1. The third-order valence-electron chi connectivity index (χ3n) is 2.32. The second-order valence-electron chi connectivity index (χ2n) is 3.52. The average Bonchev–Trinajstić information content (AvgIpc) is 2.27. The molecule has 0 saturated carbocycles. The van der Waals surface area contributed by atoms with Gasteiger partial charge in [0, 0.05) is 0 Å². The number of benzene rings is 1. The first-order chi connectivity index (χ1) is 7.66. The molecular formula is C11H12O5. The average molecular weight is 224 g/mol. The van der Waals surface area contributed by atoms with E-state index >= 15 is 0 Å². The minimum Gasteiger partial charge on any atom is -0.486 e. The van der Waals surface area contributed by atoms with Gasteiger partial charge >= 0.3 is 5.97 Å². The van der Waals surface area contributed by atoms with E-state index in [1.807, 2.05) is 0 Å². The lowest BCUT2D eigenvalue weighted by Gasteiger charge is -2.19. The fourth-order valence-corrected chi connectivity index (χ4v) is 1.55. The molecule has 1 aliphatic rings. The lowest BCUT2D eigenvalue weighted by molar-refractivity contribution is -0.139. The molecular weight excluding hydrogens is 212 g/mol. The molecule has 0 aromatic heterocycles. The number of rotatable bonds is 3. The highest BCUT2D eigenvalue weighted by Gasteiger charge is 2.17. The molecule has 0 amide bonds. The van der Waals surface area contributed by atoms with Gasteiger partial charge < -0.3 is 19.7 Å². The van der Waals surface area contributed by atoms with Crippen LogP contribution in [0.4, 0.5) is 0 Å². The second kappa shape index (κ2) is 4.40. The van der Waals surface area contributed by atoms with E-state index in [1.54, 1.807) is 18.2 Å². The van der Waals surface area contributed by atoms with Crippen molar-refractivity contribution in [1.29, 1.82) is 0 Å². The molecule has 5 heteroatoms. The maximum absolute atomic E-state index is 10.5. The van der Waals surface area contributed by atoms with Crippen molar-refractivity contribution < 1.29 is 24.5 Å². The first-order valence-corrected chi connectivity index (χ1v) is 4.96. The quantitative estimate of drug-likeness (QED) is 0.799. The zero-order chi connectivity index (χ0) is 11.5. The largest absolute Gasteiger partial charge is 0.486 e. The highest BCUT2D eigenvalue weighted by molar-refractivity contribution is 5.67. The molecule has 1 atom stereocenters. The lowest BCUT2D eigenvalue weighted by Crippen LogP contribution is -2.15. The van der Waals surface area contributed by atoms with E-state index in [4.69, 9.17) is 14.6 Å². The van der Waals surface area contributed by atoms with Gasteiger partial charge in [0.2, 0.25) is 0 Å². The van der Waals surface area contributed by atoms with Crippen molar-refractivity contribution in [3.05, 3.63) is 23.8 Å². The van der Waals surface area contributed by atoms with Gasteiger partial charge in [-0.15, -0.1) is 0 Å². The van der Waals surface area contributed by atoms with E-state index in [-0.39, 0.29) is 6.42 Å². The summed E-state index contributed by atoms with van der Waals surface area (Å²) in [5.41, 5.74) is 0.520. The van der Waals surface area contributed by atoms with Gasteiger partial charge in [0.15, 0.2) is 11.5 Å². The van der Waals surface area contributed by atoms with Crippen LogP contribution < -0.4 is 9.47 Å². The molecule has 0 bridgehead atoms. The summed E-state index contributed by atoms with van der Waals surface area (Å²) in [6, 6.07) is 4.93. The molecule has 0 fully saturated rings. The number of aliphatic hydroxyl groups excluding tert-OH is 1. The van der Waals surface area contributed by atoms with Gasteiger partial charge in [-0.1, -0.05) is 6.07 Å². The molecule has 0 spiro atoms. The Bertz CT molecular complexity index is 401. The fraction of sp³-hybridized carbons (Fsp3) is 0.364. The smallest absolute Gasteiger partial charge is 0.306 e. The molecule has 1 aromatic carbocycles. The predicted octanol–water partition coefficient (Wildman–Crippen LogP) is 0.966. The van der Waals surface area contributed by atoms with Crippen LogP contribution in [0.1, 0.15) is 18.1 Å². The van der Waals surface area contributed by atoms with Crippen molar-refractivity contribution in [3.8, 4) is 11.5 Å². The van der Waals surface area contributed by atoms with Crippen molar-refractivity contribution >= 4 is 5.97 Å². The minimum atomic E-state index is -1.04. The van der Waals surface area contributed by atoms with Crippen LogP contribution in [0.5, 0.6) is 11.5 Å². The van der Waals surface area contributed by atoms with E-state index in [0.29, 0.717) is 30.3 Å². The number of aliphatic hydroxyl groups is 1. The monoisotopic (exact) mass is 224 g/mol. The second-order valence-corrected chi connectivity index (χ2v) is 3.52. The Morgan fingerprint density at radius 1 is 1.31 bits per heavy atom. The van der Waals surface area contributed by atoms with Crippen LogP contribution in [0, 0.1) is 0 Å². The maximum atomic E-state index is 10.5. The summed E-state index contributed by atoms with van der Waals surface area (Å²) < 4.78 is 10.7. The van der Waals surface area contributed by atoms with Crippen LogP contribution in [-0.2, 0) is 4.79 Å². The Morgan fingerprint density at radius 2 is 2.00 bits per heavy atom. The van der Waals surface area contributed by atoms with Crippen LogP contribution in [0.15, 0.2) is 18.2 Å². The number of carboxylic acid groups (broad SMARTS) is 1. The molecule has 2 N–H and O–H groups in total. The summed E-state index contributed by atoms with van der Waals surface area (Å²) in [7, 11) is 0. The molecule has 16 heavy (non-hydrogen) atoms. The Morgan fingerprint density at radius 3 is 2.69 bits per heavy atom. The fourth-order valence-electron chi connectivity index (χ4n) is 1.55. The van der Waals surface area contributed by atoms with Gasteiger partial charge in [-0.2, -0.15) is 0 Å². The summed E-state index contributed by atoms with van der Waals surface area (Å²) in [5, 5.41) is 18.2. The Labute approximate surface area is 92.2 Å². The maximum Gasteiger partial charge on any atom is 0.306 e. The van der Waals surface area contributed by atoms with Crippen LogP contribution in [0.25, 0.3) is 0 Å². The number of hydrogen-bond donors (Lipinski definition) is 2. The van der Waals surface area contributed by atoms with Crippen molar-refractivity contribution in [1.82, 2.24) is 0 Å². The van der Waals surface area contributed by atoms with Crippen molar-refractivity contribution in [2.75, 3.05) is 13.2 Å². The van der Waals surface area contributed by atoms with Crippen LogP contribution in [0.2, 0.25) is 0 Å². The normalized spacial score (nSPS) is 15.6. The summed E-state index contributed by atoms with van der Waals surface area (Å²) in [6.45, 7) is 0.968. The molecule has 1 heterocycles. The molecule has 1 aromatic rings. The zero-order valence-electron chi connectivity index (χ0n) is 8.55. The summed E-state index contributed by atoms with van der Waals surface area (Å²) in [6.07, 6.45) is -1.34. The zero-order valence-corrected chi connectivity index (χ0v) is 8.55. The molecule has 1 aliphatic heterocycles. The van der Waals surface area contributed by atoms with Gasteiger partial charge in [-0.05, 0) is 17.7 Å². The molecule has 86 valence electrons. The summed E-state index contributed by atoms with van der Waals surface area (Å²) >= 11 is 0. The Hall–Kier alpha value is -1.75. The molecule has 0 saturated heterocycles. The summed E-state index contributed by atoms with van der Waals surface area (Å²) in [5.74, 6) is 0.133. The van der Waals surface area contributed by atoms with E-state index < -0.39 is 12.1 Å². The van der Waals surface area contributed by atoms with Crippen molar-refractivity contribution in [2.45, 2.75) is 12.5 Å². The number of ether oxygens (including phenoxy) is 2. The first-order valence-electron chi connectivity index (χ1n) is 4.96. The van der Waals surface area contributed by atoms with Crippen molar-refractivity contribution in [2.24, 2.45) is 0 Å². The predicted molar refractivity (Wildman–Crippen MR) is 54.6 cm³/mol. The number of hydrogen-bond acceptors (Lipinski definition) is 4. The van der Waals surface area contributed by atoms with E-state index in [9.17, 15) is 9.90 Å². The standard InChI is InChI=1S/C11H12O5/c12-8(6-11(13)14)7-1-2-9-10(5-7)16-4-3-15-9/h1-2,5,8,12H,3-4,6H2,(H,13,14)/t8-/m1/s1. The van der Waals surface area contributed by atoms with Gasteiger partial charge in [-0.3, -0.25) is 4.79 Å². The van der Waals surface area contributed by atoms with E-state index in [2.05, 4.69) is 0 Å². The highest BCUT2D eigenvalue weighted by Crippen LogP contribution is 2.33. The van der Waals surface area contributed by atoms with Crippen LogP contribution in [-0.4, -0.2) is 29.4 Å². The summed E-state index contributed by atoms with van der Waals surface area (Å²) in [4.78, 5) is 10.5. The van der Waals surface area contributed by atoms with Crippen LogP contribution in [0.3, 0.4) is 0 Å². The van der Waals surface area contributed by atoms with Gasteiger partial charge in [0.1, 0.15) is 13.2 Å². The number of aliphatic carboxylic acids is 1. The van der Waals surface area contributed by atoms with Crippen LogP contribution >= 0.6 is 0 Å². The van der Waals surface area contributed by atoms with Gasteiger partial charge in [0.25, 0.3) is 0 Å².